The second kappa shape index (κ2) is 5.35. The molecular weight excluding hydrogens is 190 g/mol. The molecular formula is C11H23N3O. The topological polar surface area (TPSA) is 45.6 Å². The molecule has 0 aromatic rings. The first kappa shape index (κ1) is 12.3. The van der Waals surface area contributed by atoms with Crippen molar-refractivity contribution >= 4 is 5.96 Å². The molecule has 1 saturated carbocycles. The lowest BCUT2D eigenvalue weighted by atomic mass is 10.1. The molecule has 0 bridgehead atoms. The minimum absolute atomic E-state index is 0.143. The standard InChI is InChI=1S/C11H23N3O/c1-5-15-11(2,3)8-13-10(12-4)14-9-6-7-9/h9H,5-8H2,1-4H3,(H2,12,13,14). The molecule has 0 amide bonds. The van der Waals surface area contributed by atoms with E-state index in [0.29, 0.717) is 6.04 Å². The van der Waals surface area contributed by atoms with Crippen LogP contribution >= 0.6 is 0 Å². The average molecular weight is 213 g/mol. The van der Waals surface area contributed by atoms with E-state index in [1.54, 1.807) is 7.05 Å². The predicted octanol–water partition coefficient (Wildman–Crippen LogP) is 1.13. The Balaban J connectivity index is 2.26. The third kappa shape index (κ3) is 5.02. The number of rotatable bonds is 5. The highest BCUT2D eigenvalue weighted by molar-refractivity contribution is 5.80. The van der Waals surface area contributed by atoms with Gasteiger partial charge in [0.15, 0.2) is 5.96 Å². The Labute approximate surface area is 92.5 Å². The molecule has 0 aromatic heterocycles. The van der Waals surface area contributed by atoms with Crippen LogP contribution in [0.25, 0.3) is 0 Å². The Morgan fingerprint density at radius 1 is 1.47 bits per heavy atom. The summed E-state index contributed by atoms with van der Waals surface area (Å²) in [6.07, 6.45) is 2.52. The number of hydrogen-bond donors (Lipinski definition) is 2. The minimum Gasteiger partial charge on any atom is -0.374 e. The lowest BCUT2D eigenvalue weighted by Gasteiger charge is -2.26. The summed E-state index contributed by atoms with van der Waals surface area (Å²) in [5, 5.41) is 6.62. The highest BCUT2D eigenvalue weighted by Crippen LogP contribution is 2.18. The van der Waals surface area contributed by atoms with Crippen LogP contribution in [0.5, 0.6) is 0 Å². The van der Waals surface area contributed by atoms with Crippen molar-refractivity contribution in [1.82, 2.24) is 10.6 Å². The summed E-state index contributed by atoms with van der Waals surface area (Å²) in [4.78, 5) is 4.17. The van der Waals surface area contributed by atoms with Gasteiger partial charge in [-0.2, -0.15) is 0 Å². The summed E-state index contributed by atoms with van der Waals surface area (Å²) >= 11 is 0. The normalized spacial score (nSPS) is 17.7. The smallest absolute Gasteiger partial charge is 0.191 e. The molecule has 0 atom stereocenters. The summed E-state index contributed by atoms with van der Waals surface area (Å²) in [5.41, 5.74) is -0.143. The Bertz CT molecular complexity index is 222. The lowest BCUT2D eigenvalue weighted by molar-refractivity contribution is -0.00585. The van der Waals surface area contributed by atoms with E-state index in [1.807, 2.05) is 6.92 Å². The molecule has 0 radical (unpaired) electrons. The van der Waals surface area contributed by atoms with Crippen molar-refractivity contribution in [3.63, 3.8) is 0 Å². The zero-order valence-corrected chi connectivity index (χ0v) is 10.3. The fourth-order valence-electron chi connectivity index (χ4n) is 1.35. The van der Waals surface area contributed by atoms with Crippen molar-refractivity contribution < 1.29 is 4.74 Å². The van der Waals surface area contributed by atoms with Crippen LogP contribution in [0.1, 0.15) is 33.6 Å². The van der Waals surface area contributed by atoms with E-state index in [9.17, 15) is 0 Å². The lowest BCUT2D eigenvalue weighted by Crippen LogP contribution is -2.46. The second-order valence-corrected chi connectivity index (χ2v) is 4.54. The summed E-state index contributed by atoms with van der Waals surface area (Å²) in [6.45, 7) is 7.68. The van der Waals surface area contributed by atoms with Gasteiger partial charge >= 0.3 is 0 Å². The van der Waals surface area contributed by atoms with E-state index in [-0.39, 0.29) is 5.60 Å². The number of guanidine groups is 1. The fraction of sp³-hybridized carbons (Fsp3) is 0.909. The third-order valence-corrected chi connectivity index (χ3v) is 2.36. The van der Waals surface area contributed by atoms with Crippen LogP contribution in [-0.2, 0) is 4.74 Å². The molecule has 4 nitrogen and oxygen atoms in total. The monoisotopic (exact) mass is 213 g/mol. The van der Waals surface area contributed by atoms with Gasteiger partial charge in [0.1, 0.15) is 0 Å². The van der Waals surface area contributed by atoms with E-state index < -0.39 is 0 Å². The number of nitrogens with zero attached hydrogens (tertiary/aromatic N) is 1. The Morgan fingerprint density at radius 2 is 2.13 bits per heavy atom. The molecule has 0 spiro atoms. The van der Waals surface area contributed by atoms with Crippen molar-refractivity contribution in [2.24, 2.45) is 4.99 Å². The van der Waals surface area contributed by atoms with Crippen molar-refractivity contribution in [3.05, 3.63) is 0 Å². The maximum atomic E-state index is 5.60. The van der Waals surface area contributed by atoms with Gasteiger partial charge in [-0.15, -0.1) is 0 Å². The Morgan fingerprint density at radius 3 is 2.60 bits per heavy atom. The van der Waals surface area contributed by atoms with Gasteiger partial charge < -0.3 is 15.4 Å². The molecule has 0 aliphatic heterocycles. The summed E-state index contributed by atoms with van der Waals surface area (Å²) in [6, 6.07) is 0.631. The number of aliphatic imine (C=N–C) groups is 1. The van der Waals surface area contributed by atoms with Crippen LogP contribution in [0, 0.1) is 0 Å². The third-order valence-electron chi connectivity index (χ3n) is 2.36. The first-order valence-corrected chi connectivity index (χ1v) is 5.68. The summed E-state index contributed by atoms with van der Waals surface area (Å²) in [7, 11) is 1.80. The summed E-state index contributed by atoms with van der Waals surface area (Å²) < 4.78 is 5.60. The van der Waals surface area contributed by atoms with Gasteiger partial charge in [0.25, 0.3) is 0 Å². The van der Waals surface area contributed by atoms with Gasteiger partial charge in [0.2, 0.25) is 0 Å². The van der Waals surface area contributed by atoms with Gasteiger partial charge in [-0.25, -0.2) is 0 Å². The molecule has 1 fully saturated rings. The van der Waals surface area contributed by atoms with E-state index in [4.69, 9.17) is 4.74 Å². The SMILES string of the molecule is CCOC(C)(C)CNC(=NC)NC1CC1. The van der Waals surface area contributed by atoms with E-state index >= 15 is 0 Å². The minimum atomic E-state index is -0.143. The molecule has 1 rings (SSSR count). The van der Waals surface area contributed by atoms with Crippen LogP contribution in [0.3, 0.4) is 0 Å². The van der Waals surface area contributed by atoms with Crippen LogP contribution in [0.4, 0.5) is 0 Å². The maximum absolute atomic E-state index is 5.60. The first-order chi connectivity index (χ1) is 7.07. The van der Waals surface area contributed by atoms with Crippen LogP contribution in [0.2, 0.25) is 0 Å². The molecule has 0 saturated heterocycles. The van der Waals surface area contributed by atoms with Crippen molar-refractivity contribution in [2.45, 2.75) is 45.3 Å². The fourth-order valence-corrected chi connectivity index (χ4v) is 1.35. The highest BCUT2D eigenvalue weighted by Gasteiger charge is 2.23. The Kier molecular flexibility index (Phi) is 4.39. The van der Waals surface area contributed by atoms with Crippen molar-refractivity contribution in [2.75, 3.05) is 20.2 Å². The van der Waals surface area contributed by atoms with E-state index in [1.165, 1.54) is 12.8 Å². The maximum Gasteiger partial charge on any atom is 0.191 e. The number of hydrogen-bond acceptors (Lipinski definition) is 2. The predicted molar refractivity (Wildman–Crippen MR) is 63.2 cm³/mol. The molecule has 1 aliphatic carbocycles. The van der Waals surface area contributed by atoms with Crippen LogP contribution < -0.4 is 10.6 Å². The zero-order chi connectivity index (χ0) is 11.3. The van der Waals surface area contributed by atoms with E-state index in [2.05, 4.69) is 29.5 Å². The van der Waals surface area contributed by atoms with Gasteiger partial charge in [-0.1, -0.05) is 0 Å². The second-order valence-electron chi connectivity index (χ2n) is 4.54. The molecule has 0 aromatic carbocycles. The Hall–Kier alpha value is -0.770. The molecule has 4 heteroatoms. The van der Waals surface area contributed by atoms with Crippen LogP contribution in [0.15, 0.2) is 4.99 Å². The zero-order valence-electron chi connectivity index (χ0n) is 10.3. The van der Waals surface area contributed by atoms with Gasteiger partial charge in [0.05, 0.1) is 5.60 Å². The molecule has 2 N–H and O–H groups in total. The largest absolute Gasteiger partial charge is 0.374 e. The molecule has 15 heavy (non-hydrogen) atoms. The molecule has 0 unspecified atom stereocenters. The average Bonchev–Trinajstić information content (AvgIpc) is 2.95. The quantitative estimate of drug-likeness (QED) is 0.531. The van der Waals surface area contributed by atoms with Gasteiger partial charge in [0, 0.05) is 26.2 Å². The molecule has 88 valence electrons. The van der Waals surface area contributed by atoms with Gasteiger partial charge in [-0.05, 0) is 33.6 Å². The van der Waals surface area contributed by atoms with E-state index in [0.717, 1.165) is 19.1 Å². The molecule has 0 heterocycles. The van der Waals surface area contributed by atoms with Crippen molar-refractivity contribution in [1.29, 1.82) is 0 Å². The molecule has 1 aliphatic rings. The van der Waals surface area contributed by atoms with Gasteiger partial charge in [-0.3, -0.25) is 4.99 Å². The first-order valence-electron chi connectivity index (χ1n) is 5.68. The highest BCUT2D eigenvalue weighted by atomic mass is 16.5. The number of nitrogens with one attached hydrogen (secondary N) is 2. The van der Waals surface area contributed by atoms with Crippen molar-refractivity contribution in [3.8, 4) is 0 Å². The van der Waals surface area contributed by atoms with Crippen LogP contribution in [-0.4, -0.2) is 37.8 Å². The number of ether oxygens (including phenoxy) is 1. The summed E-state index contributed by atoms with van der Waals surface area (Å²) in [5.74, 6) is 0.880.